The lowest BCUT2D eigenvalue weighted by Gasteiger charge is -2.44. The first kappa shape index (κ1) is 15.4. The molecule has 0 aromatic rings. The van der Waals surface area contributed by atoms with Crippen molar-refractivity contribution in [2.45, 2.75) is 52.1 Å². The van der Waals surface area contributed by atoms with Crippen LogP contribution in [0.2, 0.25) is 0 Å². The van der Waals surface area contributed by atoms with Crippen molar-refractivity contribution in [2.75, 3.05) is 27.2 Å². The Hall–Kier alpha value is -0.610. The summed E-state index contributed by atoms with van der Waals surface area (Å²) in [6, 6.07) is 0.472. The topological polar surface area (TPSA) is 49.6 Å². The second-order valence-electron chi connectivity index (χ2n) is 6.86. The van der Waals surface area contributed by atoms with Crippen molar-refractivity contribution in [3.8, 4) is 0 Å². The zero-order chi connectivity index (χ0) is 14.1. The predicted octanol–water partition coefficient (Wildman–Crippen LogP) is 1.30. The van der Waals surface area contributed by atoms with Gasteiger partial charge in [-0.3, -0.25) is 4.79 Å². The molecule has 1 aliphatic rings. The number of rotatable bonds is 3. The van der Waals surface area contributed by atoms with Gasteiger partial charge in [-0.1, -0.05) is 0 Å². The highest BCUT2D eigenvalue weighted by Crippen LogP contribution is 2.31. The normalized spacial score (nSPS) is 22.4. The molecular formula is C14H29N3O. The van der Waals surface area contributed by atoms with Crippen molar-refractivity contribution in [1.82, 2.24) is 9.80 Å². The summed E-state index contributed by atoms with van der Waals surface area (Å²) >= 11 is 0. The van der Waals surface area contributed by atoms with Crippen molar-refractivity contribution in [3.05, 3.63) is 0 Å². The van der Waals surface area contributed by atoms with E-state index in [9.17, 15) is 4.79 Å². The Morgan fingerprint density at radius 3 is 2.28 bits per heavy atom. The molecule has 0 aromatic heterocycles. The second-order valence-corrected chi connectivity index (χ2v) is 6.86. The van der Waals surface area contributed by atoms with Crippen molar-refractivity contribution in [3.63, 3.8) is 0 Å². The van der Waals surface area contributed by atoms with Crippen LogP contribution >= 0.6 is 0 Å². The van der Waals surface area contributed by atoms with E-state index < -0.39 is 11.0 Å². The van der Waals surface area contributed by atoms with E-state index in [1.807, 2.05) is 32.6 Å². The highest BCUT2D eigenvalue weighted by atomic mass is 16.2. The molecule has 1 fully saturated rings. The van der Waals surface area contributed by atoms with E-state index >= 15 is 0 Å². The number of carbonyl (C=O) groups excluding carboxylic acids is 1. The molecule has 1 aliphatic heterocycles. The van der Waals surface area contributed by atoms with Crippen LogP contribution in [0.4, 0.5) is 0 Å². The lowest BCUT2D eigenvalue weighted by Crippen LogP contribution is -2.59. The smallest absolute Gasteiger partial charge is 0.230 e. The molecule has 0 spiro atoms. The Kier molecular flexibility index (Phi) is 4.44. The van der Waals surface area contributed by atoms with Gasteiger partial charge in [0, 0.05) is 24.7 Å². The van der Waals surface area contributed by atoms with Crippen LogP contribution in [0.5, 0.6) is 0 Å². The lowest BCUT2D eigenvalue weighted by molar-refractivity contribution is -0.145. The molecular weight excluding hydrogens is 226 g/mol. The van der Waals surface area contributed by atoms with Crippen LogP contribution in [0, 0.1) is 5.41 Å². The number of likely N-dealkylation sites (tertiary alicyclic amines) is 1. The van der Waals surface area contributed by atoms with E-state index in [2.05, 4.69) is 19.0 Å². The van der Waals surface area contributed by atoms with Crippen LogP contribution in [0.25, 0.3) is 0 Å². The fourth-order valence-corrected chi connectivity index (χ4v) is 2.23. The third kappa shape index (κ3) is 3.04. The SMILES string of the molecule is CN(C)C1CCCN(C(=O)C(C)(C)C(C)(C)N)C1. The highest BCUT2D eigenvalue weighted by Gasteiger charge is 2.43. The van der Waals surface area contributed by atoms with Gasteiger partial charge in [0.15, 0.2) is 0 Å². The molecule has 106 valence electrons. The van der Waals surface area contributed by atoms with Gasteiger partial charge in [0.25, 0.3) is 0 Å². The van der Waals surface area contributed by atoms with Gasteiger partial charge in [-0.25, -0.2) is 0 Å². The summed E-state index contributed by atoms with van der Waals surface area (Å²) in [4.78, 5) is 16.9. The minimum absolute atomic E-state index is 0.182. The Bertz CT molecular complexity index is 305. The van der Waals surface area contributed by atoms with Gasteiger partial charge in [0.05, 0.1) is 5.41 Å². The zero-order valence-corrected chi connectivity index (χ0v) is 12.8. The minimum Gasteiger partial charge on any atom is -0.341 e. The summed E-state index contributed by atoms with van der Waals surface area (Å²) in [5, 5.41) is 0. The molecule has 4 nitrogen and oxygen atoms in total. The van der Waals surface area contributed by atoms with Gasteiger partial charge in [0.2, 0.25) is 5.91 Å². The van der Waals surface area contributed by atoms with E-state index in [1.54, 1.807) is 0 Å². The van der Waals surface area contributed by atoms with Gasteiger partial charge >= 0.3 is 0 Å². The van der Waals surface area contributed by atoms with E-state index in [0.717, 1.165) is 19.5 Å². The number of hydrogen-bond donors (Lipinski definition) is 1. The summed E-state index contributed by atoms with van der Waals surface area (Å²) in [5.74, 6) is 0.182. The quantitative estimate of drug-likeness (QED) is 0.827. The third-order valence-corrected chi connectivity index (χ3v) is 4.56. The molecule has 0 aromatic carbocycles. The molecule has 2 N–H and O–H groups in total. The van der Waals surface area contributed by atoms with Crippen LogP contribution in [-0.4, -0.2) is 54.5 Å². The summed E-state index contributed by atoms with van der Waals surface area (Å²) in [6.07, 6.45) is 2.25. The second kappa shape index (κ2) is 5.17. The lowest BCUT2D eigenvalue weighted by atomic mass is 9.74. The van der Waals surface area contributed by atoms with Gasteiger partial charge in [0.1, 0.15) is 0 Å². The molecule has 1 atom stereocenters. The predicted molar refractivity (Wildman–Crippen MR) is 75.3 cm³/mol. The van der Waals surface area contributed by atoms with Crippen LogP contribution in [0.1, 0.15) is 40.5 Å². The van der Waals surface area contributed by atoms with Crippen LogP contribution in [0.15, 0.2) is 0 Å². The number of piperidine rings is 1. The van der Waals surface area contributed by atoms with Crippen molar-refractivity contribution in [2.24, 2.45) is 11.1 Å². The van der Waals surface area contributed by atoms with E-state index in [-0.39, 0.29) is 5.91 Å². The maximum atomic E-state index is 12.7. The summed E-state index contributed by atoms with van der Waals surface area (Å²) in [7, 11) is 4.16. The molecule has 1 rings (SSSR count). The fraction of sp³-hybridized carbons (Fsp3) is 0.929. The Balaban J connectivity index is 2.78. The van der Waals surface area contributed by atoms with E-state index in [1.165, 1.54) is 6.42 Å². The van der Waals surface area contributed by atoms with Crippen molar-refractivity contribution < 1.29 is 4.79 Å². The van der Waals surface area contributed by atoms with Gasteiger partial charge in [-0.15, -0.1) is 0 Å². The third-order valence-electron chi connectivity index (χ3n) is 4.56. The number of nitrogens with zero attached hydrogens (tertiary/aromatic N) is 2. The summed E-state index contributed by atoms with van der Waals surface area (Å²) < 4.78 is 0. The first-order valence-electron chi connectivity index (χ1n) is 6.82. The van der Waals surface area contributed by atoms with Gasteiger partial charge < -0.3 is 15.5 Å². The maximum Gasteiger partial charge on any atom is 0.230 e. The average molecular weight is 255 g/mol. The number of carbonyl (C=O) groups is 1. The molecule has 1 saturated heterocycles. The Morgan fingerprint density at radius 1 is 1.28 bits per heavy atom. The average Bonchev–Trinajstić information content (AvgIpc) is 2.26. The first-order valence-corrected chi connectivity index (χ1v) is 6.82. The monoisotopic (exact) mass is 255 g/mol. The summed E-state index contributed by atoms with van der Waals surface area (Å²) in [6.45, 7) is 9.45. The molecule has 1 heterocycles. The molecule has 4 heteroatoms. The molecule has 0 radical (unpaired) electrons. The van der Waals surface area contributed by atoms with Crippen molar-refractivity contribution in [1.29, 1.82) is 0 Å². The van der Waals surface area contributed by atoms with Gasteiger partial charge in [-0.2, -0.15) is 0 Å². The number of amides is 1. The van der Waals surface area contributed by atoms with Gasteiger partial charge in [-0.05, 0) is 54.6 Å². The molecule has 18 heavy (non-hydrogen) atoms. The number of nitrogens with two attached hydrogens (primary N) is 1. The van der Waals surface area contributed by atoms with E-state index in [4.69, 9.17) is 5.73 Å². The van der Waals surface area contributed by atoms with E-state index in [0.29, 0.717) is 6.04 Å². The number of hydrogen-bond acceptors (Lipinski definition) is 3. The Labute approximate surface area is 111 Å². The molecule has 0 aliphatic carbocycles. The van der Waals surface area contributed by atoms with Crippen LogP contribution in [-0.2, 0) is 4.79 Å². The molecule has 0 bridgehead atoms. The summed E-state index contributed by atoms with van der Waals surface area (Å²) in [5.41, 5.74) is 5.13. The fourth-order valence-electron chi connectivity index (χ4n) is 2.23. The number of likely N-dealkylation sites (N-methyl/N-ethyl adjacent to an activating group) is 1. The molecule has 1 unspecified atom stereocenters. The molecule has 0 saturated carbocycles. The minimum atomic E-state index is -0.527. The zero-order valence-electron chi connectivity index (χ0n) is 12.8. The first-order chi connectivity index (χ1) is 8.07. The van der Waals surface area contributed by atoms with Crippen LogP contribution in [0.3, 0.4) is 0 Å². The maximum absolute atomic E-state index is 12.7. The largest absolute Gasteiger partial charge is 0.341 e. The van der Waals surface area contributed by atoms with Crippen molar-refractivity contribution >= 4 is 5.91 Å². The highest BCUT2D eigenvalue weighted by molar-refractivity contribution is 5.83. The molecule has 1 amide bonds. The van der Waals surface area contributed by atoms with Crippen LogP contribution < -0.4 is 5.73 Å². The standard InChI is InChI=1S/C14H29N3O/c1-13(2,14(3,4)15)12(18)17-9-7-8-11(10-17)16(5)6/h11H,7-10,15H2,1-6H3. The Morgan fingerprint density at radius 2 is 1.83 bits per heavy atom.